The molecule has 0 radical (unpaired) electrons. The minimum atomic E-state index is -2.00. The number of aliphatic hydroxyl groups is 1. The van der Waals surface area contributed by atoms with E-state index in [1.165, 1.54) is 12.2 Å². The van der Waals surface area contributed by atoms with Gasteiger partial charge in [0.15, 0.2) is 29.9 Å². The van der Waals surface area contributed by atoms with Crippen LogP contribution < -0.4 is 0 Å². The van der Waals surface area contributed by atoms with Gasteiger partial charge < -0.3 is 19.3 Å². The first kappa shape index (κ1) is 23.7. The lowest BCUT2D eigenvalue weighted by molar-refractivity contribution is -0.238. The number of hydrogen-bond donors (Lipinski definition) is 1. The first-order chi connectivity index (χ1) is 16.1. The van der Waals surface area contributed by atoms with E-state index >= 15 is 4.39 Å². The van der Waals surface area contributed by atoms with Crippen LogP contribution in [-0.2, 0) is 23.8 Å². The van der Waals surface area contributed by atoms with Crippen LogP contribution in [0.3, 0.4) is 0 Å². The van der Waals surface area contributed by atoms with E-state index in [1.54, 1.807) is 13.0 Å². The lowest BCUT2D eigenvalue weighted by Gasteiger charge is -2.62. The lowest BCUT2D eigenvalue weighted by Crippen LogP contribution is -2.69. The summed E-state index contributed by atoms with van der Waals surface area (Å²) in [5.41, 5.74) is -4.86. The highest BCUT2D eigenvalue weighted by Crippen LogP contribution is 2.71. The topological polar surface area (TPSA) is 106 Å². The number of carbonyl (C=O) groups excluding carboxylic acids is 2. The van der Waals surface area contributed by atoms with Crippen molar-refractivity contribution < 1.29 is 33.3 Å². The molecule has 0 bridgehead atoms. The number of halogens is 1. The van der Waals surface area contributed by atoms with Crippen molar-refractivity contribution in [1.82, 2.24) is 0 Å². The van der Waals surface area contributed by atoms with Gasteiger partial charge >= 0.3 is 5.97 Å². The molecule has 2 unspecified atom stereocenters. The van der Waals surface area contributed by atoms with Gasteiger partial charge in [-0.2, -0.15) is 5.26 Å². The summed E-state index contributed by atoms with van der Waals surface area (Å²) >= 11 is 0. The minimum Gasteiger partial charge on any atom is -0.448 e. The van der Waals surface area contributed by atoms with Crippen molar-refractivity contribution >= 4 is 11.8 Å². The van der Waals surface area contributed by atoms with Crippen molar-refractivity contribution in [2.75, 3.05) is 6.61 Å². The minimum absolute atomic E-state index is 0.0182. The summed E-state index contributed by atoms with van der Waals surface area (Å²) in [6.07, 6.45) is 4.63. The summed E-state index contributed by atoms with van der Waals surface area (Å²) < 4.78 is 35.1. The Morgan fingerprint density at radius 1 is 1.38 bits per heavy atom. The number of alkyl halides is 1. The fourth-order valence-corrected chi connectivity index (χ4v) is 7.95. The van der Waals surface area contributed by atoms with Gasteiger partial charge in [-0.15, -0.1) is 0 Å². The van der Waals surface area contributed by atoms with Gasteiger partial charge in [-0.25, -0.2) is 9.18 Å². The monoisotopic (exact) mass is 473 g/mol. The molecule has 4 fully saturated rings. The number of nitriles is 1. The molecule has 3 saturated carbocycles. The first-order valence-corrected chi connectivity index (χ1v) is 12.3. The fraction of sp³-hybridized carbons (Fsp3) is 0.731. The first-order valence-electron chi connectivity index (χ1n) is 12.3. The second kappa shape index (κ2) is 7.71. The highest BCUT2D eigenvalue weighted by molar-refractivity contribution is 6.01. The van der Waals surface area contributed by atoms with Crippen LogP contribution in [0.2, 0.25) is 0 Å². The Morgan fingerprint density at radius 2 is 2.15 bits per heavy atom. The molecule has 34 heavy (non-hydrogen) atoms. The molecular weight excluding hydrogens is 441 g/mol. The molecular formula is C26H32FNO6. The molecule has 7 nitrogen and oxygen atoms in total. The van der Waals surface area contributed by atoms with Crippen LogP contribution in [0, 0.1) is 34.0 Å². The van der Waals surface area contributed by atoms with Gasteiger partial charge in [-0.1, -0.05) is 31.9 Å². The molecule has 5 aliphatic rings. The van der Waals surface area contributed by atoms with Crippen LogP contribution >= 0.6 is 0 Å². The molecule has 0 spiro atoms. The number of allylic oxidation sites excluding steroid dienone is 4. The zero-order valence-corrected chi connectivity index (χ0v) is 19.9. The molecule has 1 aliphatic heterocycles. The van der Waals surface area contributed by atoms with Gasteiger partial charge in [-0.3, -0.25) is 4.79 Å². The van der Waals surface area contributed by atoms with Crippen LogP contribution in [0.25, 0.3) is 0 Å². The average molecular weight is 474 g/mol. The maximum atomic E-state index is 17.3. The van der Waals surface area contributed by atoms with Crippen LogP contribution in [0.5, 0.6) is 0 Å². The molecule has 9 atom stereocenters. The lowest BCUT2D eigenvalue weighted by atomic mass is 9.45. The van der Waals surface area contributed by atoms with Gasteiger partial charge in [-0.05, 0) is 57.1 Å². The normalized spacial score (nSPS) is 48.8. The van der Waals surface area contributed by atoms with Gasteiger partial charge in [0.05, 0.1) is 6.10 Å². The molecule has 1 heterocycles. The summed E-state index contributed by atoms with van der Waals surface area (Å²) in [4.78, 5) is 25.5. The van der Waals surface area contributed by atoms with E-state index in [2.05, 4.69) is 0 Å². The van der Waals surface area contributed by atoms with Gasteiger partial charge in [0, 0.05) is 16.7 Å². The number of rotatable bonds is 4. The Morgan fingerprint density at radius 3 is 2.85 bits per heavy atom. The number of aliphatic hydroxyl groups excluding tert-OH is 1. The SMILES string of the molecule is CCC[C@@H]1O[C@@H]2CC3C4CCC5=CC(=O)C=C[C@]5(C)[C@@]4(F)[C@@H](O)C[C@]3(C)[C@]2(C(=O)OCC#N)O1. The molecule has 0 aromatic heterocycles. The molecule has 0 aromatic rings. The number of ether oxygens (including phenoxy) is 3. The van der Waals surface area contributed by atoms with Crippen molar-refractivity contribution in [3.8, 4) is 6.07 Å². The fourth-order valence-electron chi connectivity index (χ4n) is 7.95. The zero-order chi connectivity index (χ0) is 24.5. The quantitative estimate of drug-likeness (QED) is 0.625. The number of esters is 1. The van der Waals surface area contributed by atoms with Crippen LogP contribution in [0.4, 0.5) is 4.39 Å². The van der Waals surface area contributed by atoms with Crippen molar-refractivity contribution in [2.45, 2.75) is 89.1 Å². The van der Waals surface area contributed by atoms with E-state index in [1.807, 2.05) is 19.9 Å². The largest absolute Gasteiger partial charge is 0.448 e. The standard InChI is InChI=1S/C26H32FNO6/c1-4-5-21-33-20-13-18-17-7-6-15-12-16(29)8-9-23(15,2)25(17,27)19(30)14-24(18,3)26(20,34-21)22(31)32-11-10-28/h8-9,12,17-21,30H,4-7,11,13-14H2,1-3H3/t17?,18?,19-,20+,21+,23-,24-,25-,26-/m0/s1. The predicted molar refractivity (Wildman–Crippen MR) is 118 cm³/mol. The van der Waals surface area contributed by atoms with Crippen molar-refractivity contribution in [1.29, 1.82) is 5.26 Å². The number of hydrogen-bond acceptors (Lipinski definition) is 7. The third-order valence-electron chi connectivity index (χ3n) is 9.53. The molecule has 4 aliphatic carbocycles. The third kappa shape index (κ3) is 2.72. The molecule has 0 amide bonds. The van der Waals surface area contributed by atoms with Crippen LogP contribution in [0.1, 0.15) is 59.3 Å². The highest BCUT2D eigenvalue weighted by atomic mass is 19.1. The van der Waals surface area contributed by atoms with Crippen molar-refractivity contribution in [3.63, 3.8) is 0 Å². The van der Waals surface area contributed by atoms with Gasteiger partial charge in [0.2, 0.25) is 0 Å². The summed E-state index contributed by atoms with van der Waals surface area (Å²) in [6, 6.07) is 1.83. The van der Waals surface area contributed by atoms with Crippen LogP contribution in [-0.4, -0.2) is 53.2 Å². The number of ketones is 1. The molecule has 1 N–H and O–H groups in total. The van der Waals surface area contributed by atoms with E-state index in [0.717, 1.165) is 6.42 Å². The van der Waals surface area contributed by atoms with E-state index in [4.69, 9.17) is 19.5 Å². The van der Waals surface area contributed by atoms with Crippen LogP contribution in [0.15, 0.2) is 23.8 Å². The van der Waals surface area contributed by atoms with E-state index in [9.17, 15) is 14.7 Å². The number of nitrogens with zero attached hydrogens (tertiary/aromatic N) is 1. The smallest absolute Gasteiger partial charge is 0.342 e. The average Bonchev–Trinajstić information content (AvgIpc) is 3.26. The third-order valence-corrected chi connectivity index (χ3v) is 9.53. The van der Waals surface area contributed by atoms with E-state index < -0.39 is 59.1 Å². The zero-order valence-electron chi connectivity index (χ0n) is 19.9. The molecule has 184 valence electrons. The Hall–Kier alpha value is -2.08. The summed E-state index contributed by atoms with van der Waals surface area (Å²) in [5, 5.41) is 20.5. The molecule has 0 aromatic carbocycles. The van der Waals surface area contributed by atoms with Gasteiger partial charge in [0.1, 0.15) is 12.2 Å². The number of carbonyl (C=O) groups is 2. The summed E-state index contributed by atoms with van der Waals surface area (Å²) in [6.45, 7) is 5.21. The molecule has 1 saturated heterocycles. The maximum Gasteiger partial charge on any atom is 0.342 e. The Bertz CT molecular complexity index is 1020. The highest BCUT2D eigenvalue weighted by Gasteiger charge is 2.80. The second-order valence-corrected chi connectivity index (χ2v) is 10.9. The second-order valence-electron chi connectivity index (χ2n) is 10.9. The van der Waals surface area contributed by atoms with E-state index in [-0.39, 0.29) is 18.1 Å². The summed E-state index contributed by atoms with van der Waals surface area (Å²) in [7, 11) is 0. The Balaban J connectivity index is 1.58. The molecule has 8 heteroatoms. The van der Waals surface area contributed by atoms with Gasteiger partial charge in [0.25, 0.3) is 0 Å². The Kier molecular flexibility index (Phi) is 5.36. The maximum absolute atomic E-state index is 17.3. The predicted octanol–water partition coefficient (Wildman–Crippen LogP) is 3.31. The summed E-state index contributed by atoms with van der Waals surface area (Å²) in [5.74, 6) is -1.72. The molecule has 5 rings (SSSR count). The van der Waals surface area contributed by atoms with E-state index in [0.29, 0.717) is 31.3 Å². The van der Waals surface area contributed by atoms with Crippen molar-refractivity contribution in [2.24, 2.45) is 22.7 Å². The Labute approximate surface area is 198 Å². The number of fused-ring (bicyclic) bond motifs is 7. The van der Waals surface area contributed by atoms with Crippen molar-refractivity contribution in [3.05, 3.63) is 23.8 Å².